The summed E-state index contributed by atoms with van der Waals surface area (Å²) in [4.78, 5) is 32.3. The van der Waals surface area contributed by atoms with Crippen molar-refractivity contribution in [1.29, 1.82) is 0 Å². The summed E-state index contributed by atoms with van der Waals surface area (Å²) in [5.41, 5.74) is 2.07. The Labute approximate surface area is 125 Å². The molecule has 1 amide bonds. The second-order valence-electron chi connectivity index (χ2n) is 5.05. The number of likely N-dealkylation sites (tertiary alicyclic amines) is 1. The zero-order valence-corrected chi connectivity index (χ0v) is 12.3. The molecule has 0 radical (unpaired) electrons. The van der Waals surface area contributed by atoms with Crippen LogP contribution in [0.25, 0.3) is 11.3 Å². The molecule has 0 saturated carbocycles. The average Bonchev–Trinajstić information content (AvgIpc) is 3.17. The highest BCUT2D eigenvalue weighted by atomic mass is 32.1. The number of aromatic nitrogens is 2. The number of aliphatic carboxylic acids is 1. The number of aryl methyl sites for hydroxylation is 1. The maximum absolute atomic E-state index is 12.4. The number of carbonyl (C=O) groups is 2. The van der Waals surface area contributed by atoms with E-state index in [0.717, 1.165) is 22.7 Å². The minimum atomic E-state index is -0.942. The van der Waals surface area contributed by atoms with E-state index in [0.29, 0.717) is 18.7 Å². The smallest absolute Gasteiger partial charge is 0.326 e. The largest absolute Gasteiger partial charge is 0.480 e. The summed E-state index contributed by atoms with van der Waals surface area (Å²) in [6, 6.07) is 1.01. The number of carboxylic acids is 1. The monoisotopic (exact) mass is 305 g/mol. The maximum atomic E-state index is 12.4. The van der Waals surface area contributed by atoms with E-state index in [4.69, 9.17) is 5.11 Å². The number of thiazole rings is 1. The summed E-state index contributed by atoms with van der Waals surface area (Å²) in [7, 11) is 0. The van der Waals surface area contributed by atoms with Crippen molar-refractivity contribution in [2.75, 3.05) is 6.54 Å². The predicted molar refractivity (Wildman–Crippen MR) is 78.3 cm³/mol. The third-order valence-electron chi connectivity index (χ3n) is 3.63. The van der Waals surface area contributed by atoms with E-state index in [2.05, 4.69) is 9.97 Å². The maximum Gasteiger partial charge on any atom is 0.326 e. The molecule has 2 aromatic heterocycles. The lowest BCUT2D eigenvalue weighted by molar-refractivity contribution is -0.141. The van der Waals surface area contributed by atoms with Crippen LogP contribution in [0, 0.1) is 6.92 Å². The van der Waals surface area contributed by atoms with E-state index in [1.807, 2.05) is 12.3 Å². The van der Waals surface area contributed by atoms with Crippen LogP contribution in [-0.2, 0) is 4.79 Å². The molecule has 110 valence electrons. The van der Waals surface area contributed by atoms with E-state index in [9.17, 15) is 9.59 Å². The van der Waals surface area contributed by atoms with Gasteiger partial charge in [-0.25, -0.2) is 9.78 Å². The molecule has 1 saturated heterocycles. The molecule has 0 aromatic carbocycles. The number of nitrogens with zero attached hydrogens (tertiary/aromatic N) is 2. The Morgan fingerprint density at radius 2 is 2.33 bits per heavy atom. The Hall–Kier alpha value is -2.15. The first-order chi connectivity index (χ1) is 10.1. The first-order valence-corrected chi connectivity index (χ1v) is 7.59. The molecule has 7 heteroatoms. The average molecular weight is 305 g/mol. The van der Waals surface area contributed by atoms with Gasteiger partial charge in [0.1, 0.15) is 11.7 Å². The van der Waals surface area contributed by atoms with Crippen LogP contribution in [-0.4, -0.2) is 44.4 Å². The van der Waals surface area contributed by atoms with Crippen molar-refractivity contribution in [3.8, 4) is 11.3 Å². The van der Waals surface area contributed by atoms with Gasteiger partial charge in [-0.3, -0.25) is 4.79 Å². The Morgan fingerprint density at radius 1 is 1.52 bits per heavy atom. The SMILES string of the molecule is Cc1nc(-c2c[nH]c(C(=O)N3CCCC3C(=O)O)c2)cs1. The van der Waals surface area contributed by atoms with Crippen LogP contribution in [0.3, 0.4) is 0 Å². The number of hydrogen-bond acceptors (Lipinski definition) is 4. The fraction of sp³-hybridized carbons (Fsp3) is 0.357. The number of rotatable bonds is 3. The first kappa shape index (κ1) is 13.8. The molecular weight excluding hydrogens is 290 g/mol. The van der Waals surface area contributed by atoms with E-state index in [1.165, 1.54) is 4.90 Å². The Kier molecular flexibility index (Phi) is 3.50. The Morgan fingerprint density at radius 3 is 3.00 bits per heavy atom. The lowest BCUT2D eigenvalue weighted by atomic mass is 10.2. The molecule has 1 unspecified atom stereocenters. The third kappa shape index (κ3) is 2.56. The molecule has 0 aliphatic carbocycles. The van der Waals surface area contributed by atoms with Crippen molar-refractivity contribution >= 4 is 23.2 Å². The van der Waals surface area contributed by atoms with Crippen LogP contribution in [0.4, 0.5) is 0 Å². The summed E-state index contributed by atoms with van der Waals surface area (Å²) in [5.74, 6) is -1.21. The van der Waals surface area contributed by atoms with Gasteiger partial charge in [0.25, 0.3) is 5.91 Å². The standard InChI is InChI=1S/C14H15N3O3S/c1-8-16-11(7-21-8)9-5-10(15-6-9)13(18)17-4-2-3-12(17)14(19)20/h5-7,12,15H,2-4H2,1H3,(H,19,20). The van der Waals surface area contributed by atoms with Gasteiger partial charge in [-0.2, -0.15) is 0 Å². The molecule has 2 aromatic rings. The van der Waals surface area contributed by atoms with Gasteiger partial charge in [0.2, 0.25) is 0 Å². The van der Waals surface area contributed by atoms with E-state index in [-0.39, 0.29) is 5.91 Å². The van der Waals surface area contributed by atoms with E-state index >= 15 is 0 Å². The third-order valence-corrected chi connectivity index (χ3v) is 4.40. The van der Waals surface area contributed by atoms with Crippen molar-refractivity contribution in [1.82, 2.24) is 14.9 Å². The summed E-state index contributed by atoms with van der Waals surface area (Å²) in [6.45, 7) is 2.41. The molecule has 2 N–H and O–H groups in total. The number of nitrogens with one attached hydrogen (secondary N) is 1. The minimum absolute atomic E-state index is 0.266. The van der Waals surface area contributed by atoms with Gasteiger partial charge in [0.05, 0.1) is 10.7 Å². The van der Waals surface area contributed by atoms with Crippen LogP contribution < -0.4 is 0 Å². The van der Waals surface area contributed by atoms with E-state index < -0.39 is 12.0 Å². The van der Waals surface area contributed by atoms with Crippen LogP contribution in [0.1, 0.15) is 28.3 Å². The van der Waals surface area contributed by atoms with Gasteiger partial charge in [-0.05, 0) is 25.8 Å². The highest BCUT2D eigenvalue weighted by Gasteiger charge is 2.34. The van der Waals surface area contributed by atoms with Crippen molar-refractivity contribution < 1.29 is 14.7 Å². The number of aromatic amines is 1. The number of H-pyrrole nitrogens is 1. The van der Waals surface area contributed by atoms with Gasteiger partial charge in [-0.15, -0.1) is 11.3 Å². The topological polar surface area (TPSA) is 86.3 Å². The minimum Gasteiger partial charge on any atom is -0.480 e. The van der Waals surface area contributed by atoms with Crippen LogP contribution in [0.15, 0.2) is 17.6 Å². The lowest BCUT2D eigenvalue weighted by Gasteiger charge is -2.20. The second-order valence-corrected chi connectivity index (χ2v) is 6.11. The summed E-state index contributed by atoms with van der Waals surface area (Å²) < 4.78 is 0. The molecule has 0 spiro atoms. The van der Waals surface area contributed by atoms with Gasteiger partial charge in [0.15, 0.2) is 0 Å². The molecule has 0 bridgehead atoms. The zero-order chi connectivity index (χ0) is 15.0. The van der Waals surface area contributed by atoms with Gasteiger partial charge < -0.3 is 15.0 Å². The predicted octanol–water partition coefficient (Wildman–Crippen LogP) is 2.14. The molecular formula is C14H15N3O3S. The molecule has 6 nitrogen and oxygen atoms in total. The quantitative estimate of drug-likeness (QED) is 0.909. The van der Waals surface area contributed by atoms with Crippen molar-refractivity contribution in [2.24, 2.45) is 0 Å². The van der Waals surface area contributed by atoms with Crippen LogP contribution >= 0.6 is 11.3 Å². The molecule has 1 aliphatic heterocycles. The number of carboxylic acid groups (broad SMARTS) is 1. The highest BCUT2D eigenvalue weighted by Crippen LogP contribution is 2.25. The second kappa shape index (κ2) is 5.33. The summed E-state index contributed by atoms with van der Waals surface area (Å²) in [6.07, 6.45) is 2.97. The Bertz CT molecular complexity index is 691. The highest BCUT2D eigenvalue weighted by molar-refractivity contribution is 7.09. The van der Waals surface area contributed by atoms with Crippen molar-refractivity contribution in [3.05, 3.63) is 28.3 Å². The van der Waals surface area contributed by atoms with Crippen molar-refractivity contribution in [2.45, 2.75) is 25.8 Å². The first-order valence-electron chi connectivity index (χ1n) is 6.71. The number of hydrogen-bond donors (Lipinski definition) is 2. The summed E-state index contributed by atoms with van der Waals surface area (Å²) in [5, 5.41) is 12.0. The van der Waals surface area contributed by atoms with Gasteiger partial charge >= 0.3 is 5.97 Å². The molecule has 3 heterocycles. The van der Waals surface area contributed by atoms with E-state index in [1.54, 1.807) is 23.6 Å². The number of carbonyl (C=O) groups excluding carboxylic acids is 1. The van der Waals surface area contributed by atoms with Gasteiger partial charge in [-0.1, -0.05) is 0 Å². The molecule has 1 aliphatic rings. The molecule has 1 fully saturated rings. The lowest BCUT2D eigenvalue weighted by Crippen LogP contribution is -2.40. The number of amides is 1. The molecule has 21 heavy (non-hydrogen) atoms. The van der Waals surface area contributed by atoms with Crippen LogP contribution in [0.5, 0.6) is 0 Å². The Balaban J connectivity index is 1.83. The zero-order valence-electron chi connectivity index (χ0n) is 11.5. The molecule has 1 atom stereocenters. The normalized spacial score (nSPS) is 18.1. The summed E-state index contributed by atoms with van der Waals surface area (Å²) >= 11 is 1.55. The fourth-order valence-corrected chi connectivity index (χ4v) is 3.20. The van der Waals surface area contributed by atoms with Crippen LogP contribution in [0.2, 0.25) is 0 Å². The van der Waals surface area contributed by atoms with Crippen molar-refractivity contribution in [3.63, 3.8) is 0 Å². The van der Waals surface area contributed by atoms with Gasteiger partial charge in [0, 0.05) is 23.7 Å². The molecule has 3 rings (SSSR count). The fourth-order valence-electron chi connectivity index (χ4n) is 2.58.